The quantitative estimate of drug-likeness (QED) is 0.487. The number of benzene rings is 1. The average molecular weight is 277 g/mol. The molecule has 0 saturated heterocycles. The normalized spacial score (nSPS) is 10.4. The first-order chi connectivity index (χ1) is 9.01. The molecule has 19 heavy (non-hydrogen) atoms. The molecule has 98 valence electrons. The first kappa shape index (κ1) is 13.3. The molecule has 2 rings (SSSR count). The van der Waals surface area contributed by atoms with Crippen molar-refractivity contribution in [2.24, 2.45) is 7.05 Å². The number of rotatable bonds is 4. The van der Waals surface area contributed by atoms with Gasteiger partial charge in [-0.05, 0) is 25.1 Å². The summed E-state index contributed by atoms with van der Waals surface area (Å²) in [5, 5.41) is 15.9. The van der Waals surface area contributed by atoms with E-state index in [2.05, 4.69) is 5.10 Å². The van der Waals surface area contributed by atoms with Crippen LogP contribution in [-0.2, 0) is 7.05 Å². The first-order valence-electron chi connectivity index (χ1n) is 5.43. The lowest BCUT2D eigenvalue weighted by atomic mass is 10.2. The van der Waals surface area contributed by atoms with E-state index in [0.717, 1.165) is 15.6 Å². The van der Waals surface area contributed by atoms with Crippen molar-refractivity contribution in [3.8, 4) is 0 Å². The Morgan fingerprint density at radius 2 is 2.16 bits per heavy atom. The number of carbonyl (C=O) groups excluding carboxylic acids is 1. The van der Waals surface area contributed by atoms with Crippen LogP contribution in [0.15, 0.2) is 34.2 Å². The lowest BCUT2D eigenvalue weighted by Crippen LogP contribution is -1.95. The maximum Gasteiger partial charge on any atom is 0.279 e. The van der Waals surface area contributed by atoms with E-state index >= 15 is 0 Å². The van der Waals surface area contributed by atoms with Crippen LogP contribution in [0.2, 0.25) is 0 Å². The number of hydrogen-bond donors (Lipinski definition) is 0. The van der Waals surface area contributed by atoms with Crippen molar-refractivity contribution in [2.75, 3.05) is 0 Å². The van der Waals surface area contributed by atoms with Gasteiger partial charge in [0.1, 0.15) is 0 Å². The number of aromatic nitrogens is 2. The summed E-state index contributed by atoms with van der Waals surface area (Å²) >= 11 is 1.40. The van der Waals surface area contributed by atoms with Crippen LogP contribution in [0.1, 0.15) is 16.1 Å². The molecule has 0 atom stereocenters. The minimum atomic E-state index is -0.563. The second-order valence-corrected chi connectivity index (χ2v) is 5.04. The van der Waals surface area contributed by atoms with Crippen LogP contribution in [0.5, 0.6) is 0 Å². The van der Waals surface area contributed by atoms with Crippen molar-refractivity contribution >= 4 is 23.7 Å². The van der Waals surface area contributed by atoms with Crippen molar-refractivity contribution in [1.29, 1.82) is 0 Å². The molecule has 0 amide bonds. The van der Waals surface area contributed by atoms with Crippen LogP contribution < -0.4 is 0 Å². The highest BCUT2D eigenvalue weighted by Crippen LogP contribution is 2.30. The van der Waals surface area contributed by atoms with Gasteiger partial charge in [-0.15, -0.1) is 0 Å². The lowest BCUT2D eigenvalue weighted by molar-refractivity contribution is -0.385. The molecule has 2 aromatic rings. The van der Waals surface area contributed by atoms with Crippen molar-refractivity contribution in [3.05, 3.63) is 45.6 Å². The zero-order chi connectivity index (χ0) is 14.0. The third-order valence-electron chi connectivity index (χ3n) is 2.50. The van der Waals surface area contributed by atoms with E-state index in [1.807, 2.05) is 20.0 Å². The van der Waals surface area contributed by atoms with Gasteiger partial charge in [0.05, 0.1) is 21.2 Å². The molecule has 0 aliphatic heterocycles. The Bertz CT molecular complexity index is 652. The average Bonchev–Trinajstić information content (AvgIpc) is 2.67. The van der Waals surface area contributed by atoms with E-state index in [-0.39, 0.29) is 11.3 Å². The largest absolute Gasteiger partial charge is 0.298 e. The maximum atomic E-state index is 10.9. The molecule has 7 heteroatoms. The van der Waals surface area contributed by atoms with Crippen LogP contribution in [0, 0.1) is 17.0 Å². The zero-order valence-electron chi connectivity index (χ0n) is 10.4. The standard InChI is InChI=1S/C12H11N3O3S/c1-8-5-12(14(2)13-8)19-10-3-4-11(15(17)18)9(6-10)7-16/h3-7H,1-2H3. The fraction of sp³-hybridized carbons (Fsp3) is 0.167. The van der Waals surface area contributed by atoms with Crippen molar-refractivity contribution in [1.82, 2.24) is 9.78 Å². The second-order valence-electron chi connectivity index (χ2n) is 3.95. The highest BCUT2D eigenvalue weighted by Gasteiger charge is 2.14. The number of nitrogens with zero attached hydrogens (tertiary/aromatic N) is 3. The Morgan fingerprint density at radius 3 is 2.68 bits per heavy atom. The second kappa shape index (κ2) is 5.23. The van der Waals surface area contributed by atoms with Gasteiger partial charge in [-0.3, -0.25) is 19.6 Å². The summed E-state index contributed by atoms with van der Waals surface area (Å²) in [6.45, 7) is 1.89. The summed E-state index contributed by atoms with van der Waals surface area (Å²) < 4.78 is 1.72. The van der Waals surface area contributed by atoms with Crippen molar-refractivity contribution in [3.63, 3.8) is 0 Å². The minimum Gasteiger partial charge on any atom is -0.298 e. The van der Waals surface area contributed by atoms with Gasteiger partial charge >= 0.3 is 0 Å². The van der Waals surface area contributed by atoms with Crippen LogP contribution in [0.4, 0.5) is 5.69 Å². The van der Waals surface area contributed by atoms with Gasteiger partial charge in [-0.1, -0.05) is 11.8 Å². The molecule has 0 N–H and O–H groups in total. The summed E-state index contributed by atoms with van der Waals surface area (Å²) in [6.07, 6.45) is 0.497. The van der Waals surface area contributed by atoms with Crippen LogP contribution in [-0.4, -0.2) is 21.0 Å². The highest BCUT2D eigenvalue weighted by atomic mass is 32.2. The lowest BCUT2D eigenvalue weighted by Gasteiger charge is -2.03. The minimum absolute atomic E-state index is 0.0777. The molecule has 0 aliphatic rings. The van der Waals surface area contributed by atoms with Gasteiger partial charge in [0.25, 0.3) is 5.69 Å². The van der Waals surface area contributed by atoms with E-state index in [1.165, 1.54) is 23.9 Å². The molecule has 0 bridgehead atoms. The summed E-state index contributed by atoms with van der Waals surface area (Å²) in [4.78, 5) is 21.8. The molecule has 1 aromatic heterocycles. The number of nitro benzene ring substituents is 1. The molecule has 1 heterocycles. The first-order valence-corrected chi connectivity index (χ1v) is 6.25. The van der Waals surface area contributed by atoms with Crippen molar-refractivity contribution in [2.45, 2.75) is 16.8 Å². The molecule has 0 spiro atoms. The molecule has 0 radical (unpaired) electrons. The molecular weight excluding hydrogens is 266 g/mol. The van der Waals surface area contributed by atoms with Gasteiger partial charge in [0.2, 0.25) is 0 Å². The van der Waals surface area contributed by atoms with Gasteiger partial charge in [0.15, 0.2) is 6.29 Å². The van der Waals surface area contributed by atoms with E-state index in [0.29, 0.717) is 6.29 Å². The Morgan fingerprint density at radius 1 is 1.42 bits per heavy atom. The smallest absolute Gasteiger partial charge is 0.279 e. The predicted octanol–water partition coefficient (Wildman–Crippen LogP) is 2.60. The summed E-state index contributed by atoms with van der Waals surface area (Å²) in [5.74, 6) is 0. The molecule has 0 saturated carbocycles. The van der Waals surface area contributed by atoms with Gasteiger partial charge in [-0.25, -0.2) is 0 Å². The highest BCUT2D eigenvalue weighted by molar-refractivity contribution is 7.99. The topological polar surface area (TPSA) is 78.0 Å². The molecule has 0 unspecified atom stereocenters. The van der Waals surface area contributed by atoms with Gasteiger partial charge in [-0.2, -0.15) is 5.10 Å². The Kier molecular flexibility index (Phi) is 3.66. The fourth-order valence-corrected chi connectivity index (χ4v) is 2.63. The molecule has 6 nitrogen and oxygen atoms in total. The number of aldehydes is 1. The van der Waals surface area contributed by atoms with E-state index < -0.39 is 4.92 Å². The van der Waals surface area contributed by atoms with Gasteiger partial charge in [0, 0.05) is 18.0 Å². The number of aryl methyl sites for hydroxylation is 2. The number of carbonyl (C=O) groups is 1. The Labute approximate surface area is 113 Å². The van der Waals surface area contributed by atoms with E-state index in [4.69, 9.17) is 0 Å². The van der Waals surface area contributed by atoms with Crippen LogP contribution in [0.25, 0.3) is 0 Å². The van der Waals surface area contributed by atoms with Crippen LogP contribution >= 0.6 is 11.8 Å². The van der Waals surface area contributed by atoms with Gasteiger partial charge < -0.3 is 0 Å². The summed E-state index contributed by atoms with van der Waals surface area (Å²) in [6, 6.07) is 6.39. The third-order valence-corrected chi connectivity index (χ3v) is 3.58. The SMILES string of the molecule is Cc1cc(Sc2ccc([N+](=O)[O-])c(C=O)c2)n(C)n1. The molecule has 0 fully saturated rings. The Balaban J connectivity index is 2.34. The number of nitro groups is 1. The van der Waals surface area contributed by atoms with Crippen LogP contribution in [0.3, 0.4) is 0 Å². The number of hydrogen-bond acceptors (Lipinski definition) is 5. The summed E-state index contributed by atoms with van der Waals surface area (Å²) in [5.41, 5.74) is 0.789. The zero-order valence-corrected chi connectivity index (χ0v) is 11.2. The van der Waals surface area contributed by atoms with E-state index in [1.54, 1.807) is 10.7 Å². The fourth-order valence-electron chi connectivity index (χ4n) is 1.66. The van der Waals surface area contributed by atoms with E-state index in [9.17, 15) is 14.9 Å². The molecule has 0 aliphatic carbocycles. The monoisotopic (exact) mass is 277 g/mol. The van der Waals surface area contributed by atoms with Crippen molar-refractivity contribution < 1.29 is 9.72 Å². The predicted molar refractivity (Wildman–Crippen MR) is 70.6 cm³/mol. The Hall–Kier alpha value is -2.15. The molecular formula is C12H11N3O3S. The third kappa shape index (κ3) is 2.82. The summed E-state index contributed by atoms with van der Waals surface area (Å²) in [7, 11) is 1.82. The maximum absolute atomic E-state index is 10.9. The molecule has 1 aromatic carbocycles.